The molecule has 1 amide bonds. The molecule has 0 unspecified atom stereocenters. The van der Waals surface area contributed by atoms with Crippen LogP contribution in [-0.4, -0.2) is 16.4 Å². The van der Waals surface area contributed by atoms with Crippen LogP contribution in [0.1, 0.15) is 25.8 Å². The van der Waals surface area contributed by atoms with E-state index in [1.54, 1.807) is 6.20 Å². The topological polar surface area (TPSA) is 68.0 Å². The van der Waals surface area contributed by atoms with Gasteiger partial charge in [0.15, 0.2) is 0 Å². The number of hydrogen-bond acceptors (Lipinski definition) is 3. The van der Waals surface area contributed by atoms with Crippen molar-refractivity contribution in [3.05, 3.63) is 22.3 Å². The van der Waals surface area contributed by atoms with E-state index in [-0.39, 0.29) is 12.3 Å². The van der Waals surface area contributed by atoms with Gasteiger partial charge in [-0.05, 0) is 48.3 Å². The second kappa shape index (κ2) is 4.93. The second-order valence-corrected chi connectivity index (χ2v) is 5.45. The summed E-state index contributed by atoms with van der Waals surface area (Å²) in [5.41, 5.74) is 6.17. The van der Waals surface area contributed by atoms with Gasteiger partial charge in [0.2, 0.25) is 5.91 Å². The number of carbonyl (C=O) groups excluding carboxylic acids is 1. The van der Waals surface area contributed by atoms with Crippen molar-refractivity contribution in [2.24, 2.45) is 5.73 Å². The van der Waals surface area contributed by atoms with Crippen LogP contribution in [0.15, 0.2) is 16.7 Å². The number of nitrogens with one attached hydrogen (secondary N) is 1. The minimum Gasteiger partial charge on any atom is -0.325 e. The van der Waals surface area contributed by atoms with Crippen LogP contribution < -0.4 is 11.1 Å². The Kier molecular flexibility index (Phi) is 4.04. The Bertz CT molecular complexity index is 399. The van der Waals surface area contributed by atoms with Crippen LogP contribution in [0.3, 0.4) is 0 Å². The molecule has 88 valence electrons. The molecule has 0 atom stereocenters. The molecule has 0 radical (unpaired) electrons. The van der Waals surface area contributed by atoms with E-state index in [1.165, 1.54) is 0 Å². The first-order valence-corrected chi connectivity index (χ1v) is 5.78. The predicted molar refractivity (Wildman–Crippen MR) is 68.2 cm³/mol. The normalized spacial score (nSPS) is 11.3. The Morgan fingerprint density at radius 2 is 2.25 bits per heavy atom. The number of aryl methyl sites for hydroxylation is 1. The lowest BCUT2D eigenvalue weighted by Gasteiger charge is -2.17. The van der Waals surface area contributed by atoms with Gasteiger partial charge in [0, 0.05) is 22.6 Å². The maximum absolute atomic E-state index is 11.6. The first-order chi connectivity index (χ1) is 7.28. The Morgan fingerprint density at radius 1 is 1.62 bits per heavy atom. The van der Waals surface area contributed by atoms with Crippen molar-refractivity contribution >= 4 is 27.7 Å². The molecule has 5 heteroatoms. The van der Waals surface area contributed by atoms with Crippen molar-refractivity contribution < 1.29 is 4.79 Å². The number of nitrogens with two attached hydrogens (primary N) is 1. The molecular formula is C11H16BrN3O. The van der Waals surface area contributed by atoms with Gasteiger partial charge in [-0.15, -0.1) is 0 Å². The van der Waals surface area contributed by atoms with E-state index >= 15 is 0 Å². The summed E-state index contributed by atoms with van der Waals surface area (Å²) in [5, 5.41) is 2.74. The monoisotopic (exact) mass is 285 g/mol. The van der Waals surface area contributed by atoms with Crippen molar-refractivity contribution in [3.63, 3.8) is 0 Å². The molecule has 0 aliphatic rings. The summed E-state index contributed by atoms with van der Waals surface area (Å²) in [7, 11) is 0. The number of carbonyl (C=O) groups is 1. The fourth-order valence-corrected chi connectivity index (χ4v) is 1.71. The lowest BCUT2D eigenvalue weighted by Crippen LogP contribution is -2.36. The van der Waals surface area contributed by atoms with Crippen LogP contribution >= 0.6 is 15.9 Å². The highest BCUT2D eigenvalue weighted by molar-refractivity contribution is 9.10. The fourth-order valence-electron chi connectivity index (χ4n) is 1.26. The molecule has 0 spiro atoms. The number of anilines is 1. The van der Waals surface area contributed by atoms with Gasteiger partial charge in [0.1, 0.15) is 5.82 Å². The maximum Gasteiger partial charge on any atom is 0.227 e. The highest BCUT2D eigenvalue weighted by Crippen LogP contribution is 2.17. The maximum atomic E-state index is 11.6. The lowest BCUT2D eigenvalue weighted by molar-refractivity contribution is -0.117. The molecule has 0 aliphatic heterocycles. The number of halogens is 1. The van der Waals surface area contributed by atoms with Crippen LogP contribution in [-0.2, 0) is 4.79 Å². The summed E-state index contributed by atoms with van der Waals surface area (Å²) in [6.07, 6.45) is 1.92. The van der Waals surface area contributed by atoms with Gasteiger partial charge in [-0.25, -0.2) is 4.98 Å². The first-order valence-electron chi connectivity index (χ1n) is 4.99. The number of amides is 1. The molecule has 1 rings (SSSR count). The third-order valence-electron chi connectivity index (χ3n) is 1.92. The van der Waals surface area contributed by atoms with Crippen molar-refractivity contribution in [1.82, 2.24) is 4.98 Å². The van der Waals surface area contributed by atoms with Gasteiger partial charge in [-0.1, -0.05) is 0 Å². The van der Waals surface area contributed by atoms with E-state index < -0.39 is 5.54 Å². The Hall–Kier alpha value is -0.940. The highest BCUT2D eigenvalue weighted by Gasteiger charge is 2.17. The van der Waals surface area contributed by atoms with Crippen LogP contribution in [0.2, 0.25) is 0 Å². The van der Waals surface area contributed by atoms with Gasteiger partial charge in [-0.2, -0.15) is 0 Å². The summed E-state index contributed by atoms with van der Waals surface area (Å²) >= 11 is 3.32. The molecule has 1 aromatic heterocycles. The molecule has 0 bridgehead atoms. The van der Waals surface area contributed by atoms with Crippen LogP contribution in [0.4, 0.5) is 5.82 Å². The van der Waals surface area contributed by atoms with Crippen molar-refractivity contribution in [3.8, 4) is 0 Å². The molecule has 0 fully saturated rings. The molecular weight excluding hydrogens is 270 g/mol. The van der Waals surface area contributed by atoms with Gasteiger partial charge in [0.25, 0.3) is 0 Å². The fraction of sp³-hybridized carbons (Fsp3) is 0.455. The number of hydrogen-bond donors (Lipinski definition) is 2. The van der Waals surface area contributed by atoms with Gasteiger partial charge < -0.3 is 11.1 Å². The zero-order valence-electron chi connectivity index (χ0n) is 9.67. The molecule has 0 saturated heterocycles. The Morgan fingerprint density at radius 3 is 2.75 bits per heavy atom. The zero-order chi connectivity index (χ0) is 12.3. The van der Waals surface area contributed by atoms with Crippen LogP contribution in [0.5, 0.6) is 0 Å². The minimum atomic E-state index is -0.507. The molecule has 16 heavy (non-hydrogen) atoms. The van der Waals surface area contributed by atoms with Gasteiger partial charge in [0.05, 0.1) is 0 Å². The smallest absolute Gasteiger partial charge is 0.227 e. The van der Waals surface area contributed by atoms with Crippen LogP contribution in [0, 0.1) is 6.92 Å². The van der Waals surface area contributed by atoms with E-state index in [0.717, 1.165) is 10.0 Å². The largest absolute Gasteiger partial charge is 0.325 e. The summed E-state index contributed by atoms with van der Waals surface area (Å²) in [5.74, 6) is 0.461. The van der Waals surface area contributed by atoms with Gasteiger partial charge >= 0.3 is 0 Å². The van der Waals surface area contributed by atoms with Crippen molar-refractivity contribution in [1.29, 1.82) is 0 Å². The van der Waals surface area contributed by atoms with E-state index in [1.807, 2.05) is 26.8 Å². The molecule has 1 heterocycles. The highest BCUT2D eigenvalue weighted by atomic mass is 79.9. The van der Waals surface area contributed by atoms with Crippen molar-refractivity contribution in [2.75, 3.05) is 5.32 Å². The number of nitrogens with zero attached hydrogens (tertiary/aromatic N) is 1. The first kappa shape index (κ1) is 13.1. The zero-order valence-corrected chi connectivity index (χ0v) is 11.3. The third kappa shape index (κ3) is 4.28. The average Bonchev–Trinajstić information content (AvgIpc) is 2.06. The minimum absolute atomic E-state index is 0.120. The molecule has 4 nitrogen and oxygen atoms in total. The summed E-state index contributed by atoms with van der Waals surface area (Å²) < 4.78 is 0.891. The number of rotatable bonds is 3. The van der Waals surface area contributed by atoms with E-state index in [4.69, 9.17) is 5.73 Å². The average molecular weight is 286 g/mol. The van der Waals surface area contributed by atoms with Gasteiger partial charge in [-0.3, -0.25) is 4.79 Å². The second-order valence-electron chi connectivity index (χ2n) is 4.53. The molecule has 1 aromatic rings. The Balaban J connectivity index is 2.70. The third-order valence-corrected chi connectivity index (χ3v) is 2.35. The van der Waals surface area contributed by atoms with E-state index in [9.17, 15) is 4.79 Å². The van der Waals surface area contributed by atoms with E-state index in [0.29, 0.717) is 5.82 Å². The molecule has 3 N–H and O–H groups in total. The summed E-state index contributed by atoms with van der Waals surface area (Å²) in [4.78, 5) is 15.8. The van der Waals surface area contributed by atoms with E-state index in [2.05, 4.69) is 26.2 Å². The molecule has 0 saturated carbocycles. The standard InChI is InChI=1S/C11H16BrN3O/c1-7-4-8(12)6-14-10(7)15-9(16)5-11(2,3)13/h4,6H,5,13H2,1-3H3,(H,14,15,16). The van der Waals surface area contributed by atoms with Crippen molar-refractivity contribution in [2.45, 2.75) is 32.7 Å². The lowest BCUT2D eigenvalue weighted by atomic mass is 10.0. The quantitative estimate of drug-likeness (QED) is 0.895. The number of aromatic nitrogens is 1. The number of pyridine rings is 1. The summed E-state index contributed by atoms with van der Waals surface area (Å²) in [6.45, 7) is 5.52. The molecule has 0 aromatic carbocycles. The van der Waals surface area contributed by atoms with Crippen LogP contribution in [0.25, 0.3) is 0 Å². The summed E-state index contributed by atoms with van der Waals surface area (Å²) in [6, 6.07) is 1.90. The SMILES string of the molecule is Cc1cc(Br)cnc1NC(=O)CC(C)(C)N. The predicted octanol–water partition coefficient (Wildman–Crippen LogP) is 2.22. The Labute approximate surface area is 104 Å². The molecule has 0 aliphatic carbocycles.